The topological polar surface area (TPSA) is 86.3 Å². The maximum atomic E-state index is 12.2. The van der Waals surface area contributed by atoms with Gasteiger partial charge in [-0.3, -0.25) is 4.72 Å². The molecule has 0 aliphatic heterocycles. The molecular weight excluding hydrogens is 301 g/mol. The van der Waals surface area contributed by atoms with Crippen molar-refractivity contribution in [2.24, 2.45) is 0 Å². The van der Waals surface area contributed by atoms with Gasteiger partial charge in [0.2, 0.25) is 0 Å². The molecule has 2 rings (SSSR count). The molecule has 0 radical (unpaired) electrons. The average Bonchev–Trinajstić information content (AvgIpc) is 2.39. The summed E-state index contributed by atoms with van der Waals surface area (Å²) >= 11 is 0. The predicted octanol–water partition coefficient (Wildman–Crippen LogP) is -1.84. The summed E-state index contributed by atoms with van der Waals surface area (Å²) in [6.07, 6.45) is 0. The molecule has 0 unspecified atom stereocenters. The Kier molecular flexibility index (Phi) is 5.98. The average molecular weight is 313 g/mol. The molecule has 0 aliphatic rings. The predicted molar refractivity (Wildman–Crippen MR) is 72.8 cm³/mol. The quantitative estimate of drug-likeness (QED) is 0.672. The number of carbonyl (C=O) groups is 1. The molecular formula is C14H12NNaO4S. The van der Waals surface area contributed by atoms with Crippen LogP contribution in [-0.2, 0) is 10.0 Å². The van der Waals surface area contributed by atoms with E-state index >= 15 is 0 Å². The largest absolute Gasteiger partial charge is 1.00 e. The van der Waals surface area contributed by atoms with Crippen LogP contribution in [0.5, 0.6) is 0 Å². The first kappa shape index (κ1) is 17.7. The Hall–Kier alpha value is -1.34. The van der Waals surface area contributed by atoms with Crippen LogP contribution >= 0.6 is 0 Å². The number of sulfonamides is 1. The molecule has 0 fully saturated rings. The van der Waals surface area contributed by atoms with Crippen LogP contribution in [0.3, 0.4) is 0 Å². The smallest absolute Gasteiger partial charge is 0.545 e. The summed E-state index contributed by atoms with van der Waals surface area (Å²) in [6, 6.07) is 11.9. The molecule has 2 aromatic carbocycles. The second-order valence-corrected chi connectivity index (χ2v) is 5.89. The van der Waals surface area contributed by atoms with Crippen LogP contribution in [0.15, 0.2) is 53.4 Å². The van der Waals surface area contributed by atoms with Crippen LogP contribution in [0.1, 0.15) is 15.9 Å². The number of hydrogen-bond acceptors (Lipinski definition) is 4. The molecule has 104 valence electrons. The number of carboxylic acids is 1. The maximum absolute atomic E-state index is 12.2. The molecule has 0 spiro atoms. The second-order valence-electron chi connectivity index (χ2n) is 4.24. The molecule has 0 heterocycles. The molecule has 0 aliphatic carbocycles. The molecule has 7 heteroatoms. The Morgan fingerprint density at radius 2 is 1.62 bits per heavy atom. The molecule has 1 N–H and O–H groups in total. The fourth-order valence-corrected chi connectivity index (χ4v) is 3.05. The van der Waals surface area contributed by atoms with Gasteiger partial charge in [0.25, 0.3) is 10.0 Å². The third kappa shape index (κ3) is 4.31. The summed E-state index contributed by atoms with van der Waals surface area (Å²) in [4.78, 5) is 10.8. The van der Waals surface area contributed by atoms with Gasteiger partial charge in [0.1, 0.15) is 0 Å². The van der Waals surface area contributed by atoms with E-state index in [0.29, 0.717) is 11.3 Å². The van der Waals surface area contributed by atoms with Crippen molar-refractivity contribution in [3.63, 3.8) is 0 Å². The van der Waals surface area contributed by atoms with E-state index in [9.17, 15) is 18.3 Å². The van der Waals surface area contributed by atoms with Gasteiger partial charge in [-0.05, 0) is 36.2 Å². The van der Waals surface area contributed by atoms with E-state index in [1.54, 1.807) is 25.1 Å². The number of aromatic carboxylic acids is 1. The van der Waals surface area contributed by atoms with Crippen LogP contribution in [0.4, 0.5) is 5.69 Å². The number of rotatable bonds is 4. The van der Waals surface area contributed by atoms with E-state index in [1.165, 1.54) is 30.3 Å². The van der Waals surface area contributed by atoms with Crippen molar-refractivity contribution in [3.8, 4) is 0 Å². The van der Waals surface area contributed by atoms with Crippen LogP contribution in [0.2, 0.25) is 0 Å². The van der Waals surface area contributed by atoms with Gasteiger partial charge in [0.15, 0.2) is 0 Å². The molecule has 0 atom stereocenters. The molecule has 0 saturated heterocycles. The summed E-state index contributed by atoms with van der Waals surface area (Å²) in [5.74, 6) is -1.31. The van der Waals surface area contributed by atoms with Gasteiger partial charge in [-0.25, -0.2) is 8.42 Å². The zero-order chi connectivity index (χ0) is 14.8. The molecule has 0 saturated carbocycles. The monoisotopic (exact) mass is 313 g/mol. The van der Waals surface area contributed by atoms with E-state index in [1.807, 2.05) is 0 Å². The van der Waals surface area contributed by atoms with Gasteiger partial charge < -0.3 is 9.90 Å². The van der Waals surface area contributed by atoms with Gasteiger partial charge in [-0.2, -0.15) is 0 Å². The minimum absolute atomic E-state index is 0. The molecule has 5 nitrogen and oxygen atoms in total. The number of hydrogen-bond donors (Lipinski definition) is 1. The standard InChI is InChI=1S/C14H13NO4S.Na/c1-10-4-2-3-5-13(10)20(18,19)15-12-8-6-11(7-9-12)14(16)17;/h2-9,15H,1H3,(H,16,17);/q;+1/p-1. The minimum Gasteiger partial charge on any atom is -0.545 e. The second kappa shape index (κ2) is 7.09. The number of anilines is 1. The van der Waals surface area contributed by atoms with Crippen LogP contribution in [0.25, 0.3) is 0 Å². The summed E-state index contributed by atoms with van der Waals surface area (Å²) < 4.78 is 26.8. The summed E-state index contributed by atoms with van der Waals surface area (Å²) in [5.41, 5.74) is 0.911. The van der Waals surface area contributed by atoms with Crippen LogP contribution in [-0.4, -0.2) is 14.4 Å². The van der Waals surface area contributed by atoms with Crippen molar-refractivity contribution in [3.05, 3.63) is 59.7 Å². The first-order valence-corrected chi connectivity index (χ1v) is 7.28. The number of carbonyl (C=O) groups excluding carboxylic acids is 1. The molecule has 0 bridgehead atoms. The maximum Gasteiger partial charge on any atom is 1.00 e. The van der Waals surface area contributed by atoms with Crippen LogP contribution < -0.4 is 39.4 Å². The number of benzene rings is 2. The van der Waals surface area contributed by atoms with Gasteiger partial charge in [0.05, 0.1) is 10.9 Å². The van der Waals surface area contributed by atoms with Crippen molar-refractivity contribution in [1.29, 1.82) is 0 Å². The summed E-state index contributed by atoms with van der Waals surface area (Å²) in [5, 5.41) is 10.6. The Morgan fingerprint density at radius 3 is 2.14 bits per heavy atom. The zero-order valence-corrected chi connectivity index (χ0v) is 14.5. The SMILES string of the molecule is Cc1ccccc1S(=O)(=O)Nc1ccc(C(=O)[O-])cc1.[Na+]. The third-order valence-electron chi connectivity index (χ3n) is 2.76. The third-order valence-corrected chi connectivity index (χ3v) is 4.30. The first-order chi connectivity index (χ1) is 9.40. The van der Waals surface area contributed by atoms with E-state index < -0.39 is 16.0 Å². The van der Waals surface area contributed by atoms with Crippen molar-refractivity contribution >= 4 is 21.7 Å². The van der Waals surface area contributed by atoms with E-state index in [0.717, 1.165) is 0 Å². The summed E-state index contributed by atoms with van der Waals surface area (Å²) in [7, 11) is -3.69. The zero-order valence-electron chi connectivity index (χ0n) is 11.7. The Labute approximate surface area is 145 Å². The molecule has 2 aromatic rings. The fraction of sp³-hybridized carbons (Fsp3) is 0.0714. The van der Waals surface area contributed by atoms with Crippen LogP contribution in [0, 0.1) is 6.92 Å². The summed E-state index contributed by atoms with van der Waals surface area (Å²) in [6.45, 7) is 1.70. The van der Waals surface area contributed by atoms with Crippen molar-refractivity contribution < 1.29 is 47.9 Å². The normalized spacial score (nSPS) is 10.5. The molecule has 0 amide bonds. The Morgan fingerprint density at radius 1 is 1.05 bits per heavy atom. The van der Waals surface area contributed by atoms with Crippen molar-refractivity contribution in [1.82, 2.24) is 0 Å². The van der Waals surface area contributed by atoms with Gasteiger partial charge >= 0.3 is 29.6 Å². The molecule has 0 aromatic heterocycles. The molecule has 21 heavy (non-hydrogen) atoms. The number of aryl methyl sites for hydroxylation is 1. The van der Waals surface area contributed by atoms with Crippen molar-refractivity contribution in [2.45, 2.75) is 11.8 Å². The van der Waals surface area contributed by atoms with Gasteiger partial charge in [-0.1, -0.05) is 30.3 Å². The number of nitrogens with one attached hydrogen (secondary N) is 1. The van der Waals surface area contributed by atoms with E-state index in [2.05, 4.69) is 4.72 Å². The minimum atomic E-state index is -3.69. The fourth-order valence-electron chi connectivity index (χ4n) is 1.74. The van der Waals surface area contributed by atoms with E-state index in [-0.39, 0.29) is 40.0 Å². The van der Waals surface area contributed by atoms with Crippen molar-refractivity contribution in [2.75, 3.05) is 4.72 Å². The Balaban J connectivity index is 0.00000220. The number of carboxylic acid groups (broad SMARTS) is 1. The van der Waals surface area contributed by atoms with Gasteiger partial charge in [-0.15, -0.1) is 0 Å². The van der Waals surface area contributed by atoms with E-state index in [4.69, 9.17) is 0 Å². The first-order valence-electron chi connectivity index (χ1n) is 5.80. The Bertz CT molecular complexity index is 742. The van der Waals surface area contributed by atoms with Gasteiger partial charge in [0, 0.05) is 5.69 Å².